The molecule has 0 bridgehead atoms. The standard InChI is InChI=1S/C15H22N4O2S/c1-11(13-4-6-15(7-5-13)22(16,20)21)17-9-8-14-10-18-19(3)12(14)2/h4-7,10-11,17H,8-9H2,1-3H3,(H2,16,20,21). The number of primary sulfonamides is 1. The highest BCUT2D eigenvalue weighted by Crippen LogP contribution is 2.15. The molecule has 0 aliphatic heterocycles. The lowest BCUT2D eigenvalue weighted by Crippen LogP contribution is -2.21. The number of benzene rings is 1. The van der Waals surface area contributed by atoms with Crippen LogP contribution in [-0.4, -0.2) is 24.7 Å². The molecule has 3 N–H and O–H groups in total. The summed E-state index contributed by atoms with van der Waals surface area (Å²) in [5, 5.41) is 12.7. The van der Waals surface area contributed by atoms with Gasteiger partial charge >= 0.3 is 0 Å². The molecule has 7 heteroatoms. The molecule has 1 atom stereocenters. The number of nitrogens with one attached hydrogen (secondary N) is 1. The number of aromatic nitrogens is 2. The van der Waals surface area contributed by atoms with E-state index >= 15 is 0 Å². The van der Waals surface area contributed by atoms with Crippen molar-refractivity contribution in [3.8, 4) is 0 Å². The summed E-state index contributed by atoms with van der Waals surface area (Å²) in [4.78, 5) is 0.134. The topological polar surface area (TPSA) is 90.0 Å². The lowest BCUT2D eigenvalue weighted by molar-refractivity contribution is 0.575. The third kappa shape index (κ3) is 3.94. The predicted molar refractivity (Wildman–Crippen MR) is 85.9 cm³/mol. The molecule has 1 unspecified atom stereocenters. The molecular formula is C15H22N4O2S. The SMILES string of the molecule is Cc1c(CCNC(C)c2ccc(S(N)(=O)=O)cc2)cnn1C. The van der Waals surface area contributed by atoms with Gasteiger partial charge in [-0.3, -0.25) is 4.68 Å². The molecule has 1 aromatic carbocycles. The molecule has 6 nitrogen and oxygen atoms in total. The van der Waals surface area contributed by atoms with Crippen LogP contribution in [-0.2, 0) is 23.5 Å². The van der Waals surface area contributed by atoms with Crippen molar-refractivity contribution in [1.29, 1.82) is 0 Å². The highest BCUT2D eigenvalue weighted by molar-refractivity contribution is 7.89. The van der Waals surface area contributed by atoms with Crippen molar-refractivity contribution >= 4 is 10.0 Å². The van der Waals surface area contributed by atoms with E-state index in [-0.39, 0.29) is 10.9 Å². The van der Waals surface area contributed by atoms with Gasteiger partial charge in [-0.1, -0.05) is 12.1 Å². The summed E-state index contributed by atoms with van der Waals surface area (Å²) in [5.74, 6) is 0. The van der Waals surface area contributed by atoms with Gasteiger partial charge in [-0.25, -0.2) is 13.6 Å². The lowest BCUT2D eigenvalue weighted by atomic mass is 10.1. The molecule has 0 spiro atoms. The molecule has 0 saturated carbocycles. The minimum absolute atomic E-state index is 0.131. The van der Waals surface area contributed by atoms with Crippen LogP contribution < -0.4 is 10.5 Å². The second-order valence-electron chi connectivity index (χ2n) is 5.42. The number of hydrogen-bond acceptors (Lipinski definition) is 4. The van der Waals surface area contributed by atoms with E-state index < -0.39 is 10.0 Å². The van der Waals surface area contributed by atoms with Gasteiger partial charge in [0, 0.05) is 18.8 Å². The summed E-state index contributed by atoms with van der Waals surface area (Å²) in [6, 6.07) is 6.77. The van der Waals surface area contributed by atoms with Crippen LogP contribution in [0.1, 0.15) is 29.8 Å². The maximum absolute atomic E-state index is 11.2. The third-order valence-corrected chi connectivity index (χ3v) is 4.82. The van der Waals surface area contributed by atoms with Gasteiger partial charge in [0.05, 0.1) is 11.1 Å². The number of hydrogen-bond donors (Lipinski definition) is 2. The largest absolute Gasteiger partial charge is 0.310 e. The molecule has 0 aliphatic rings. The van der Waals surface area contributed by atoms with E-state index in [1.165, 1.54) is 23.4 Å². The van der Waals surface area contributed by atoms with Gasteiger partial charge < -0.3 is 5.32 Å². The summed E-state index contributed by atoms with van der Waals surface area (Å²) in [6.07, 6.45) is 2.79. The maximum Gasteiger partial charge on any atom is 0.238 e. The number of rotatable bonds is 6. The quantitative estimate of drug-likeness (QED) is 0.838. The summed E-state index contributed by atoms with van der Waals surface area (Å²) in [6.45, 7) is 4.92. The molecule has 2 aromatic rings. The minimum atomic E-state index is -3.63. The van der Waals surface area contributed by atoms with Crippen LogP contribution in [0.25, 0.3) is 0 Å². The van der Waals surface area contributed by atoms with Gasteiger partial charge in [-0.05, 0) is 50.1 Å². The fourth-order valence-electron chi connectivity index (χ4n) is 2.28. The van der Waals surface area contributed by atoms with Gasteiger partial charge in [-0.15, -0.1) is 0 Å². The summed E-state index contributed by atoms with van der Waals surface area (Å²) in [7, 11) is -1.70. The van der Waals surface area contributed by atoms with Gasteiger partial charge in [0.2, 0.25) is 10.0 Å². The Morgan fingerprint density at radius 1 is 1.32 bits per heavy atom. The average molecular weight is 322 g/mol. The van der Waals surface area contributed by atoms with Crippen LogP contribution in [0.3, 0.4) is 0 Å². The molecule has 0 aliphatic carbocycles. The van der Waals surface area contributed by atoms with Crippen LogP contribution in [0.5, 0.6) is 0 Å². The Hall–Kier alpha value is -1.70. The number of sulfonamides is 1. The molecule has 1 aromatic heterocycles. The summed E-state index contributed by atoms with van der Waals surface area (Å²) in [5.41, 5.74) is 3.43. The first-order valence-electron chi connectivity index (χ1n) is 7.12. The Labute approximate surface area is 131 Å². The van der Waals surface area contributed by atoms with E-state index in [0.717, 1.165) is 18.5 Å². The van der Waals surface area contributed by atoms with Crippen molar-refractivity contribution < 1.29 is 8.42 Å². The second kappa shape index (κ2) is 6.60. The molecule has 22 heavy (non-hydrogen) atoms. The smallest absolute Gasteiger partial charge is 0.238 e. The Morgan fingerprint density at radius 3 is 2.45 bits per heavy atom. The van der Waals surface area contributed by atoms with Crippen molar-refractivity contribution in [3.63, 3.8) is 0 Å². The fourth-order valence-corrected chi connectivity index (χ4v) is 2.79. The Balaban J connectivity index is 1.92. The Kier molecular flexibility index (Phi) is 5.00. The van der Waals surface area contributed by atoms with Gasteiger partial charge in [-0.2, -0.15) is 5.10 Å². The van der Waals surface area contributed by atoms with Crippen LogP contribution >= 0.6 is 0 Å². The zero-order chi connectivity index (χ0) is 16.3. The number of nitrogens with zero attached hydrogens (tertiary/aromatic N) is 2. The maximum atomic E-state index is 11.2. The van der Waals surface area contributed by atoms with E-state index in [0.29, 0.717) is 0 Å². The Morgan fingerprint density at radius 2 is 1.95 bits per heavy atom. The minimum Gasteiger partial charge on any atom is -0.310 e. The van der Waals surface area contributed by atoms with E-state index in [1.807, 2.05) is 24.9 Å². The first-order valence-corrected chi connectivity index (χ1v) is 8.67. The van der Waals surface area contributed by atoms with Gasteiger partial charge in [0.1, 0.15) is 0 Å². The molecular weight excluding hydrogens is 300 g/mol. The fraction of sp³-hybridized carbons (Fsp3) is 0.400. The molecule has 2 rings (SSSR count). The highest BCUT2D eigenvalue weighted by Gasteiger charge is 2.10. The van der Waals surface area contributed by atoms with Crippen molar-refractivity contribution in [2.45, 2.75) is 31.2 Å². The predicted octanol–water partition coefficient (Wildman–Crippen LogP) is 1.27. The van der Waals surface area contributed by atoms with E-state index in [1.54, 1.807) is 12.1 Å². The number of aryl methyl sites for hydroxylation is 1. The molecule has 0 radical (unpaired) electrons. The monoisotopic (exact) mass is 322 g/mol. The van der Waals surface area contributed by atoms with Crippen molar-refractivity contribution in [1.82, 2.24) is 15.1 Å². The van der Waals surface area contributed by atoms with E-state index in [9.17, 15) is 8.42 Å². The molecule has 0 amide bonds. The normalized spacial score (nSPS) is 13.3. The lowest BCUT2D eigenvalue weighted by Gasteiger charge is -2.14. The summed E-state index contributed by atoms with van der Waals surface area (Å²) < 4.78 is 24.3. The second-order valence-corrected chi connectivity index (χ2v) is 6.98. The first kappa shape index (κ1) is 16.7. The Bertz CT molecular complexity index is 735. The van der Waals surface area contributed by atoms with Gasteiger partial charge in [0.25, 0.3) is 0 Å². The summed E-state index contributed by atoms with van der Waals surface area (Å²) >= 11 is 0. The first-order chi connectivity index (χ1) is 10.3. The van der Waals surface area contributed by atoms with E-state index in [2.05, 4.69) is 17.3 Å². The van der Waals surface area contributed by atoms with Gasteiger partial charge in [0.15, 0.2) is 0 Å². The molecule has 0 fully saturated rings. The number of nitrogens with two attached hydrogens (primary N) is 1. The highest BCUT2D eigenvalue weighted by atomic mass is 32.2. The molecule has 1 heterocycles. The van der Waals surface area contributed by atoms with Crippen molar-refractivity contribution in [3.05, 3.63) is 47.3 Å². The molecule has 120 valence electrons. The zero-order valence-corrected chi connectivity index (χ0v) is 13.9. The zero-order valence-electron chi connectivity index (χ0n) is 13.1. The van der Waals surface area contributed by atoms with Crippen LogP contribution in [0.15, 0.2) is 35.4 Å². The average Bonchev–Trinajstić information content (AvgIpc) is 2.78. The van der Waals surface area contributed by atoms with Crippen molar-refractivity contribution in [2.75, 3.05) is 6.54 Å². The van der Waals surface area contributed by atoms with Crippen LogP contribution in [0.4, 0.5) is 0 Å². The van der Waals surface area contributed by atoms with E-state index in [4.69, 9.17) is 5.14 Å². The third-order valence-electron chi connectivity index (χ3n) is 3.89. The van der Waals surface area contributed by atoms with Crippen molar-refractivity contribution in [2.24, 2.45) is 12.2 Å². The van der Waals surface area contributed by atoms with Crippen LogP contribution in [0.2, 0.25) is 0 Å². The molecule has 0 saturated heterocycles. The van der Waals surface area contributed by atoms with Crippen LogP contribution in [0, 0.1) is 6.92 Å².